The van der Waals surface area contributed by atoms with Crippen LogP contribution in [0.3, 0.4) is 0 Å². The number of rotatable bonds is 2. The van der Waals surface area contributed by atoms with Crippen molar-refractivity contribution in [1.82, 2.24) is 4.90 Å². The number of aryl methyl sites for hydroxylation is 1. The number of hydrogen-bond acceptors (Lipinski definition) is 3. The number of aliphatic hydroxyl groups is 1. The first kappa shape index (κ1) is 12.0. The van der Waals surface area contributed by atoms with Crippen LogP contribution in [0, 0.1) is 5.92 Å². The summed E-state index contributed by atoms with van der Waals surface area (Å²) in [7, 11) is 0. The molecule has 0 spiro atoms. The first-order valence-electron chi connectivity index (χ1n) is 6.95. The van der Waals surface area contributed by atoms with E-state index < -0.39 is 0 Å². The molecule has 98 valence electrons. The molecular formula is C15H22N2O. The monoisotopic (exact) mass is 246 g/mol. The Morgan fingerprint density at radius 2 is 2.22 bits per heavy atom. The van der Waals surface area contributed by atoms with Crippen molar-refractivity contribution in [3.63, 3.8) is 0 Å². The molecule has 2 aliphatic rings. The van der Waals surface area contributed by atoms with Crippen molar-refractivity contribution in [2.75, 3.05) is 18.8 Å². The number of nitrogens with zero attached hydrogens (tertiary/aromatic N) is 1. The Morgan fingerprint density at radius 3 is 2.94 bits per heavy atom. The molecule has 3 rings (SSSR count). The largest absolute Gasteiger partial charge is 0.399 e. The van der Waals surface area contributed by atoms with Crippen LogP contribution in [0.4, 0.5) is 5.69 Å². The van der Waals surface area contributed by atoms with E-state index in [2.05, 4.69) is 17.0 Å². The number of hydrogen-bond donors (Lipinski definition) is 2. The molecule has 3 atom stereocenters. The highest BCUT2D eigenvalue weighted by molar-refractivity contribution is 5.47. The zero-order chi connectivity index (χ0) is 12.7. The predicted octanol–water partition coefficient (Wildman–Crippen LogP) is 1.96. The Bertz CT molecular complexity index is 444. The lowest BCUT2D eigenvalue weighted by molar-refractivity contribution is 0.122. The summed E-state index contributed by atoms with van der Waals surface area (Å²) in [4.78, 5) is 2.54. The average Bonchev–Trinajstić information content (AvgIpc) is 2.92. The molecule has 0 saturated carbocycles. The molecule has 1 heterocycles. The smallest absolute Gasteiger partial charge is 0.0552 e. The van der Waals surface area contributed by atoms with Crippen molar-refractivity contribution in [2.24, 2.45) is 5.92 Å². The lowest BCUT2D eigenvalue weighted by atomic mass is 10.0. The SMILES string of the molecule is CC(O)C1CCN(C2CCc3cc(N)ccc32)C1. The van der Waals surface area contributed by atoms with Gasteiger partial charge in [-0.2, -0.15) is 0 Å². The normalized spacial score (nSPS) is 29.4. The minimum Gasteiger partial charge on any atom is -0.399 e. The van der Waals surface area contributed by atoms with Crippen LogP contribution in [0.2, 0.25) is 0 Å². The van der Waals surface area contributed by atoms with Crippen LogP contribution < -0.4 is 5.73 Å². The van der Waals surface area contributed by atoms with E-state index in [1.54, 1.807) is 0 Å². The number of benzene rings is 1. The summed E-state index contributed by atoms with van der Waals surface area (Å²) in [5, 5.41) is 9.70. The maximum Gasteiger partial charge on any atom is 0.0552 e. The van der Waals surface area contributed by atoms with Crippen molar-refractivity contribution in [3.8, 4) is 0 Å². The molecule has 3 N–H and O–H groups in total. The fraction of sp³-hybridized carbons (Fsp3) is 0.600. The maximum absolute atomic E-state index is 9.70. The fourth-order valence-electron chi connectivity index (χ4n) is 3.49. The van der Waals surface area contributed by atoms with E-state index in [0.717, 1.165) is 31.6 Å². The summed E-state index contributed by atoms with van der Waals surface area (Å²) in [6.45, 7) is 4.06. The zero-order valence-corrected chi connectivity index (χ0v) is 11.0. The molecule has 18 heavy (non-hydrogen) atoms. The third-order valence-electron chi connectivity index (χ3n) is 4.59. The minimum atomic E-state index is -0.178. The molecule has 0 bridgehead atoms. The molecule has 3 heteroatoms. The van der Waals surface area contributed by atoms with Gasteiger partial charge in [-0.15, -0.1) is 0 Å². The highest BCUT2D eigenvalue weighted by atomic mass is 16.3. The van der Waals surface area contributed by atoms with Gasteiger partial charge in [0.1, 0.15) is 0 Å². The Morgan fingerprint density at radius 1 is 1.39 bits per heavy atom. The van der Waals surface area contributed by atoms with Crippen LogP contribution in [0.25, 0.3) is 0 Å². The molecule has 3 unspecified atom stereocenters. The summed E-state index contributed by atoms with van der Waals surface area (Å²) in [6, 6.07) is 6.87. The summed E-state index contributed by atoms with van der Waals surface area (Å²) in [5.74, 6) is 0.447. The summed E-state index contributed by atoms with van der Waals surface area (Å²) < 4.78 is 0. The van der Waals surface area contributed by atoms with Gasteiger partial charge in [0, 0.05) is 18.3 Å². The number of nitrogens with two attached hydrogens (primary N) is 1. The van der Waals surface area contributed by atoms with Crippen LogP contribution in [0.1, 0.15) is 36.9 Å². The first-order valence-corrected chi connectivity index (χ1v) is 6.95. The van der Waals surface area contributed by atoms with Gasteiger partial charge in [-0.1, -0.05) is 6.07 Å². The molecule has 1 aromatic rings. The number of fused-ring (bicyclic) bond motifs is 1. The average molecular weight is 246 g/mol. The van der Waals surface area contributed by atoms with E-state index in [-0.39, 0.29) is 6.10 Å². The predicted molar refractivity (Wildman–Crippen MR) is 73.3 cm³/mol. The molecule has 0 amide bonds. The highest BCUT2D eigenvalue weighted by Gasteiger charge is 2.34. The second-order valence-corrected chi connectivity index (χ2v) is 5.80. The van der Waals surface area contributed by atoms with Gasteiger partial charge in [-0.05, 0) is 61.9 Å². The van der Waals surface area contributed by atoms with Gasteiger partial charge in [0.2, 0.25) is 0 Å². The first-order chi connectivity index (χ1) is 8.65. The summed E-state index contributed by atoms with van der Waals surface area (Å²) in [6.07, 6.45) is 3.28. The van der Waals surface area contributed by atoms with Gasteiger partial charge >= 0.3 is 0 Å². The topological polar surface area (TPSA) is 49.5 Å². The van der Waals surface area contributed by atoms with E-state index in [1.165, 1.54) is 17.5 Å². The molecule has 1 fully saturated rings. The van der Waals surface area contributed by atoms with E-state index in [1.807, 2.05) is 13.0 Å². The number of likely N-dealkylation sites (tertiary alicyclic amines) is 1. The maximum atomic E-state index is 9.70. The lowest BCUT2D eigenvalue weighted by Gasteiger charge is -2.25. The van der Waals surface area contributed by atoms with Crippen molar-refractivity contribution in [2.45, 2.75) is 38.3 Å². The Kier molecular flexibility index (Phi) is 3.04. The van der Waals surface area contributed by atoms with E-state index in [9.17, 15) is 5.11 Å². The molecule has 1 aromatic carbocycles. The van der Waals surface area contributed by atoms with Gasteiger partial charge in [0.15, 0.2) is 0 Å². The molecule has 0 aromatic heterocycles. The Labute approximate surface area is 109 Å². The van der Waals surface area contributed by atoms with E-state index in [0.29, 0.717) is 12.0 Å². The van der Waals surface area contributed by atoms with Crippen LogP contribution in [-0.2, 0) is 6.42 Å². The third kappa shape index (κ3) is 2.02. The number of anilines is 1. The van der Waals surface area contributed by atoms with Crippen molar-refractivity contribution in [1.29, 1.82) is 0 Å². The second-order valence-electron chi connectivity index (χ2n) is 5.80. The molecule has 1 saturated heterocycles. The highest BCUT2D eigenvalue weighted by Crippen LogP contribution is 2.39. The Hall–Kier alpha value is -1.06. The molecule has 1 aliphatic carbocycles. The number of aliphatic hydroxyl groups excluding tert-OH is 1. The van der Waals surface area contributed by atoms with Gasteiger partial charge in [0.25, 0.3) is 0 Å². The van der Waals surface area contributed by atoms with Crippen molar-refractivity contribution in [3.05, 3.63) is 29.3 Å². The van der Waals surface area contributed by atoms with E-state index >= 15 is 0 Å². The van der Waals surface area contributed by atoms with Crippen LogP contribution in [0.5, 0.6) is 0 Å². The standard InChI is InChI=1S/C15H22N2O/c1-10(18)12-6-7-17(9-12)15-5-2-11-8-13(16)3-4-14(11)15/h3-4,8,10,12,15,18H,2,5-7,9,16H2,1H3. The summed E-state index contributed by atoms with van der Waals surface area (Å²) in [5.41, 5.74) is 9.59. The van der Waals surface area contributed by atoms with Gasteiger partial charge in [-0.3, -0.25) is 4.90 Å². The van der Waals surface area contributed by atoms with Crippen molar-refractivity contribution >= 4 is 5.69 Å². The van der Waals surface area contributed by atoms with Crippen LogP contribution in [-0.4, -0.2) is 29.2 Å². The number of nitrogen functional groups attached to an aromatic ring is 1. The van der Waals surface area contributed by atoms with Gasteiger partial charge < -0.3 is 10.8 Å². The molecule has 0 radical (unpaired) electrons. The van der Waals surface area contributed by atoms with Gasteiger partial charge in [-0.25, -0.2) is 0 Å². The van der Waals surface area contributed by atoms with Crippen LogP contribution >= 0.6 is 0 Å². The molecule has 3 nitrogen and oxygen atoms in total. The van der Waals surface area contributed by atoms with Crippen molar-refractivity contribution < 1.29 is 5.11 Å². The minimum absolute atomic E-state index is 0.178. The van der Waals surface area contributed by atoms with E-state index in [4.69, 9.17) is 5.73 Å². The summed E-state index contributed by atoms with van der Waals surface area (Å²) >= 11 is 0. The second kappa shape index (κ2) is 4.56. The fourth-order valence-corrected chi connectivity index (χ4v) is 3.49. The third-order valence-corrected chi connectivity index (χ3v) is 4.59. The zero-order valence-electron chi connectivity index (χ0n) is 11.0. The van der Waals surface area contributed by atoms with Crippen LogP contribution in [0.15, 0.2) is 18.2 Å². The quantitative estimate of drug-likeness (QED) is 0.784. The lowest BCUT2D eigenvalue weighted by Crippen LogP contribution is -2.27. The Balaban J connectivity index is 1.77. The van der Waals surface area contributed by atoms with Gasteiger partial charge in [0.05, 0.1) is 6.10 Å². The molecular weight excluding hydrogens is 224 g/mol. The molecule has 1 aliphatic heterocycles.